The zero-order valence-electron chi connectivity index (χ0n) is 8.10. The molecule has 2 aliphatic heterocycles. The summed E-state index contributed by atoms with van der Waals surface area (Å²) in [6.45, 7) is 7.93. The first-order valence-electron chi connectivity index (χ1n) is 5.00. The maximum Gasteiger partial charge on any atom is 0.0621 e. The Morgan fingerprint density at radius 3 is 3.08 bits per heavy atom. The van der Waals surface area contributed by atoms with E-state index in [1.165, 1.54) is 12.8 Å². The van der Waals surface area contributed by atoms with Gasteiger partial charge >= 0.3 is 0 Å². The lowest BCUT2D eigenvalue weighted by Gasteiger charge is -2.25. The Balaban J connectivity index is 2.04. The lowest BCUT2D eigenvalue weighted by Crippen LogP contribution is -2.28. The Labute approximate surface area is 74.7 Å². The van der Waals surface area contributed by atoms with Crippen molar-refractivity contribution in [2.75, 3.05) is 19.7 Å². The minimum Gasteiger partial charge on any atom is -0.378 e. The lowest BCUT2D eigenvalue weighted by molar-refractivity contribution is 0.0634. The highest BCUT2D eigenvalue weighted by Crippen LogP contribution is 2.33. The standard InChI is InChI=1S/C10H19NO/c1-10(2)5-9-8(3-4-12-9)6-11-7-10/h8-9,11H,3-7H2,1-2H3. The molecule has 2 saturated heterocycles. The SMILES string of the molecule is CC1(C)CNCC2CCOC2C1. The van der Waals surface area contributed by atoms with Crippen LogP contribution < -0.4 is 5.32 Å². The van der Waals surface area contributed by atoms with Crippen molar-refractivity contribution >= 4 is 0 Å². The van der Waals surface area contributed by atoms with Gasteiger partial charge in [-0.3, -0.25) is 0 Å². The van der Waals surface area contributed by atoms with Gasteiger partial charge in [0.1, 0.15) is 0 Å². The molecule has 0 saturated carbocycles. The van der Waals surface area contributed by atoms with Gasteiger partial charge in [-0.15, -0.1) is 0 Å². The minimum atomic E-state index is 0.420. The second-order valence-electron chi connectivity index (χ2n) is 4.96. The van der Waals surface area contributed by atoms with Gasteiger partial charge < -0.3 is 10.1 Å². The second kappa shape index (κ2) is 3.00. The fourth-order valence-electron chi connectivity index (χ4n) is 2.36. The van der Waals surface area contributed by atoms with Gasteiger partial charge in [-0.25, -0.2) is 0 Å². The molecule has 2 fully saturated rings. The van der Waals surface area contributed by atoms with E-state index in [-0.39, 0.29) is 0 Å². The summed E-state index contributed by atoms with van der Waals surface area (Å²) < 4.78 is 5.73. The molecule has 2 heterocycles. The number of fused-ring (bicyclic) bond motifs is 1. The highest BCUT2D eigenvalue weighted by Gasteiger charge is 2.35. The Morgan fingerprint density at radius 1 is 1.42 bits per heavy atom. The molecule has 2 nitrogen and oxygen atoms in total. The third kappa shape index (κ3) is 1.64. The predicted octanol–water partition coefficient (Wildman–Crippen LogP) is 1.41. The van der Waals surface area contributed by atoms with Crippen LogP contribution in [-0.4, -0.2) is 25.8 Å². The number of nitrogens with one attached hydrogen (secondary N) is 1. The molecule has 0 aromatic rings. The summed E-state index contributed by atoms with van der Waals surface area (Å²) in [6.07, 6.45) is 3.02. The summed E-state index contributed by atoms with van der Waals surface area (Å²) >= 11 is 0. The first-order valence-corrected chi connectivity index (χ1v) is 5.00. The number of ether oxygens (including phenoxy) is 1. The maximum absolute atomic E-state index is 5.73. The van der Waals surface area contributed by atoms with Crippen molar-refractivity contribution in [1.29, 1.82) is 0 Å². The predicted molar refractivity (Wildman–Crippen MR) is 49.1 cm³/mol. The molecule has 2 atom stereocenters. The zero-order chi connectivity index (χ0) is 8.60. The average molecular weight is 169 g/mol. The van der Waals surface area contributed by atoms with E-state index in [4.69, 9.17) is 4.74 Å². The number of hydrogen-bond donors (Lipinski definition) is 1. The van der Waals surface area contributed by atoms with Crippen LogP contribution in [0.2, 0.25) is 0 Å². The summed E-state index contributed by atoms with van der Waals surface area (Å²) in [6, 6.07) is 0. The van der Waals surface area contributed by atoms with E-state index in [1.54, 1.807) is 0 Å². The van der Waals surface area contributed by atoms with Crippen LogP contribution in [0.15, 0.2) is 0 Å². The monoisotopic (exact) mass is 169 g/mol. The molecule has 0 aromatic heterocycles. The van der Waals surface area contributed by atoms with Crippen LogP contribution in [0.4, 0.5) is 0 Å². The lowest BCUT2D eigenvalue weighted by atomic mass is 9.85. The molecule has 0 bridgehead atoms. The van der Waals surface area contributed by atoms with Crippen molar-refractivity contribution in [1.82, 2.24) is 5.32 Å². The summed E-state index contributed by atoms with van der Waals surface area (Å²) in [5, 5.41) is 3.53. The first-order chi connectivity index (χ1) is 5.67. The minimum absolute atomic E-state index is 0.420. The largest absolute Gasteiger partial charge is 0.378 e. The molecule has 70 valence electrons. The molecular formula is C10H19NO. The molecule has 0 aliphatic carbocycles. The fraction of sp³-hybridized carbons (Fsp3) is 1.00. The molecule has 0 radical (unpaired) electrons. The quantitative estimate of drug-likeness (QED) is 0.592. The summed E-state index contributed by atoms with van der Waals surface area (Å²) in [4.78, 5) is 0. The molecule has 0 spiro atoms. The van der Waals surface area contributed by atoms with Crippen molar-refractivity contribution in [3.63, 3.8) is 0 Å². The molecule has 2 aliphatic rings. The van der Waals surface area contributed by atoms with E-state index in [9.17, 15) is 0 Å². The molecule has 2 unspecified atom stereocenters. The smallest absolute Gasteiger partial charge is 0.0621 e. The van der Waals surface area contributed by atoms with Crippen LogP contribution in [0.25, 0.3) is 0 Å². The Kier molecular flexibility index (Phi) is 2.13. The third-order valence-corrected chi connectivity index (χ3v) is 3.11. The normalized spacial score (nSPS) is 40.5. The fourth-order valence-corrected chi connectivity index (χ4v) is 2.36. The van der Waals surface area contributed by atoms with Crippen LogP contribution in [0.5, 0.6) is 0 Å². The van der Waals surface area contributed by atoms with E-state index in [0.29, 0.717) is 11.5 Å². The summed E-state index contributed by atoms with van der Waals surface area (Å²) in [5.74, 6) is 0.784. The summed E-state index contributed by atoms with van der Waals surface area (Å²) in [7, 11) is 0. The maximum atomic E-state index is 5.73. The molecular weight excluding hydrogens is 150 g/mol. The van der Waals surface area contributed by atoms with Crippen LogP contribution >= 0.6 is 0 Å². The zero-order valence-corrected chi connectivity index (χ0v) is 8.10. The number of rotatable bonds is 0. The Morgan fingerprint density at radius 2 is 2.25 bits per heavy atom. The van der Waals surface area contributed by atoms with Crippen molar-refractivity contribution in [3.8, 4) is 0 Å². The molecule has 1 N–H and O–H groups in total. The molecule has 2 heteroatoms. The average Bonchev–Trinajstić information content (AvgIpc) is 2.31. The van der Waals surface area contributed by atoms with Crippen molar-refractivity contribution in [2.24, 2.45) is 11.3 Å². The molecule has 0 amide bonds. The van der Waals surface area contributed by atoms with Crippen LogP contribution in [0.3, 0.4) is 0 Å². The van der Waals surface area contributed by atoms with Gasteiger partial charge in [0, 0.05) is 19.7 Å². The molecule has 0 aromatic carbocycles. The molecule has 2 rings (SSSR count). The van der Waals surface area contributed by atoms with Gasteiger partial charge in [-0.1, -0.05) is 13.8 Å². The van der Waals surface area contributed by atoms with Gasteiger partial charge in [0.2, 0.25) is 0 Å². The highest BCUT2D eigenvalue weighted by atomic mass is 16.5. The van der Waals surface area contributed by atoms with Gasteiger partial charge in [-0.2, -0.15) is 0 Å². The van der Waals surface area contributed by atoms with Gasteiger partial charge in [0.05, 0.1) is 6.10 Å². The van der Waals surface area contributed by atoms with E-state index in [2.05, 4.69) is 19.2 Å². The van der Waals surface area contributed by atoms with Crippen molar-refractivity contribution in [3.05, 3.63) is 0 Å². The van der Waals surface area contributed by atoms with Crippen LogP contribution in [-0.2, 0) is 4.74 Å². The first kappa shape index (κ1) is 8.52. The van der Waals surface area contributed by atoms with E-state index in [0.717, 1.165) is 25.6 Å². The van der Waals surface area contributed by atoms with Crippen molar-refractivity contribution < 1.29 is 4.74 Å². The Bertz CT molecular complexity index is 167. The van der Waals surface area contributed by atoms with Gasteiger partial charge in [0.25, 0.3) is 0 Å². The van der Waals surface area contributed by atoms with Gasteiger partial charge in [-0.05, 0) is 24.2 Å². The van der Waals surface area contributed by atoms with E-state index < -0.39 is 0 Å². The van der Waals surface area contributed by atoms with E-state index >= 15 is 0 Å². The Hall–Kier alpha value is -0.0800. The third-order valence-electron chi connectivity index (χ3n) is 3.11. The van der Waals surface area contributed by atoms with Crippen molar-refractivity contribution in [2.45, 2.75) is 32.8 Å². The number of hydrogen-bond acceptors (Lipinski definition) is 2. The van der Waals surface area contributed by atoms with E-state index in [1.807, 2.05) is 0 Å². The topological polar surface area (TPSA) is 21.3 Å². The summed E-state index contributed by atoms with van der Waals surface area (Å²) in [5.41, 5.74) is 0.420. The van der Waals surface area contributed by atoms with Crippen LogP contribution in [0.1, 0.15) is 26.7 Å². The highest BCUT2D eigenvalue weighted by molar-refractivity contribution is 4.88. The van der Waals surface area contributed by atoms with Crippen LogP contribution in [0, 0.1) is 11.3 Å². The van der Waals surface area contributed by atoms with Gasteiger partial charge in [0.15, 0.2) is 0 Å². The second-order valence-corrected chi connectivity index (χ2v) is 4.96. The molecule has 12 heavy (non-hydrogen) atoms.